The minimum Gasteiger partial charge on any atom is -0.489 e. The Kier molecular flexibility index (Phi) is 5.80. The van der Waals surface area contributed by atoms with Crippen LogP contribution in [0.3, 0.4) is 0 Å². The molecule has 3 aromatic carbocycles. The molecule has 3 rings (SSSR count). The van der Waals surface area contributed by atoms with E-state index in [1.165, 1.54) is 0 Å². The van der Waals surface area contributed by atoms with E-state index in [4.69, 9.17) is 10.00 Å². The fourth-order valence-electron chi connectivity index (χ4n) is 2.45. The van der Waals surface area contributed by atoms with Gasteiger partial charge in [0.15, 0.2) is 0 Å². The number of benzene rings is 3. The standard InChI is InChI=1S/C22H17FN2O2/c23-13-16-4-6-18(7-5-16)15-27-21-3-1-2-19(12-21)22(26)25-20-10-8-17(14-24)9-11-20/h1-12H,13,15H2,(H,25,26). The van der Waals surface area contributed by atoms with E-state index in [9.17, 15) is 9.18 Å². The third kappa shape index (κ3) is 4.93. The van der Waals surface area contributed by atoms with Crippen molar-refractivity contribution in [2.24, 2.45) is 0 Å². The predicted molar refractivity (Wildman–Crippen MR) is 101 cm³/mol. The second kappa shape index (κ2) is 8.63. The third-order valence-electron chi connectivity index (χ3n) is 3.95. The molecule has 0 heterocycles. The number of ether oxygens (including phenoxy) is 1. The zero-order chi connectivity index (χ0) is 19.1. The first-order valence-corrected chi connectivity index (χ1v) is 8.36. The normalized spacial score (nSPS) is 10.1. The molecular weight excluding hydrogens is 343 g/mol. The molecule has 0 spiro atoms. The number of carbonyl (C=O) groups excluding carboxylic acids is 1. The summed E-state index contributed by atoms with van der Waals surface area (Å²) >= 11 is 0. The number of hydrogen-bond donors (Lipinski definition) is 1. The maximum absolute atomic E-state index is 12.5. The molecule has 1 N–H and O–H groups in total. The van der Waals surface area contributed by atoms with Crippen LogP contribution in [0, 0.1) is 11.3 Å². The minimum absolute atomic E-state index is 0.266. The fourth-order valence-corrected chi connectivity index (χ4v) is 2.45. The number of halogens is 1. The van der Waals surface area contributed by atoms with Gasteiger partial charge in [0.1, 0.15) is 19.0 Å². The average molecular weight is 360 g/mol. The largest absolute Gasteiger partial charge is 0.489 e. The number of rotatable bonds is 6. The lowest BCUT2D eigenvalue weighted by Crippen LogP contribution is -2.12. The summed E-state index contributed by atoms with van der Waals surface area (Å²) in [5, 5.41) is 11.6. The second-order valence-electron chi connectivity index (χ2n) is 5.91. The lowest BCUT2D eigenvalue weighted by Gasteiger charge is -2.09. The van der Waals surface area contributed by atoms with Gasteiger partial charge in [-0.05, 0) is 53.6 Å². The highest BCUT2D eigenvalue weighted by molar-refractivity contribution is 6.04. The molecule has 0 atom stereocenters. The van der Waals surface area contributed by atoms with Crippen LogP contribution >= 0.6 is 0 Å². The first-order valence-electron chi connectivity index (χ1n) is 8.36. The van der Waals surface area contributed by atoms with E-state index in [1.807, 2.05) is 18.2 Å². The van der Waals surface area contributed by atoms with Crippen molar-refractivity contribution >= 4 is 11.6 Å². The van der Waals surface area contributed by atoms with Crippen LogP contribution in [-0.2, 0) is 13.3 Å². The predicted octanol–water partition coefficient (Wildman–Crippen LogP) is 4.86. The summed E-state index contributed by atoms with van der Waals surface area (Å²) in [7, 11) is 0. The number of nitrogens with one attached hydrogen (secondary N) is 1. The second-order valence-corrected chi connectivity index (χ2v) is 5.91. The molecule has 0 unspecified atom stereocenters. The number of carbonyl (C=O) groups is 1. The van der Waals surface area contributed by atoms with Crippen LogP contribution in [0.5, 0.6) is 5.75 Å². The molecule has 4 nitrogen and oxygen atoms in total. The summed E-state index contributed by atoms with van der Waals surface area (Å²) in [4.78, 5) is 12.4. The Morgan fingerprint density at radius 2 is 1.70 bits per heavy atom. The van der Waals surface area contributed by atoms with Crippen LogP contribution in [0.4, 0.5) is 10.1 Å². The fraction of sp³-hybridized carbons (Fsp3) is 0.0909. The van der Waals surface area contributed by atoms with Crippen molar-refractivity contribution in [1.29, 1.82) is 5.26 Å². The van der Waals surface area contributed by atoms with E-state index in [0.29, 0.717) is 34.7 Å². The summed E-state index contributed by atoms with van der Waals surface area (Å²) in [6.07, 6.45) is 0. The van der Waals surface area contributed by atoms with Crippen LogP contribution in [0.15, 0.2) is 72.8 Å². The molecule has 0 bridgehead atoms. The monoisotopic (exact) mass is 360 g/mol. The van der Waals surface area contributed by atoms with Gasteiger partial charge in [-0.3, -0.25) is 4.79 Å². The van der Waals surface area contributed by atoms with Gasteiger partial charge in [-0.15, -0.1) is 0 Å². The molecule has 27 heavy (non-hydrogen) atoms. The number of amides is 1. The van der Waals surface area contributed by atoms with Gasteiger partial charge in [0.25, 0.3) is 5.91 Å². The van der Waals surface area contributed by atoms with Crippen molar-refractivity contribution in [2.45, 2.75) is 13.3 Å². The highest BCUT2D eigenvalue weighted by atomic mass is 19.1. The Bertz CT molecular complexity index is 961. The Morgan fingerprint density at radius 1 is 1.00 bits per heavy atom. The molecule has 0 aliphatic carbocycles. The summed E-state index contributed by atoms with van der Waals surface area (Å²) in [6.45, 7) is -0.162. The molecule has 5 heteroatoms. The van der Waals surface area contributed by atoms with E-state index in [2.05, 4.69) is 5.32 Å². The van der Waals surface area contributed by atoms with Gasteiger partial charge < -0.3 is 10.1 Å². The highest BCUT2D eigenvalue weighted by Gasteiger charge is 2.08. The van der Waals surface area contributed by atoms with Gasteiger partial charge in [-0.1, -0.05) is 30.3 Å². The van der Waals surface area contributed by atoms with Gasteiger partial charge >= 0.3 is 0 Å². The molecule has 0 aliphatic heterocycles. The van der Waals surface area contributed by atoms with Crippen molar-refractivity contribution in [3.8, 4) is 11.8 Å². The first-order chi connectivity index (χ1) is 13.2. The summed E-state index contributed by atoms with van der Waals surface area (Å²) in [5.74, 6) is 0.300. The molecular formula is C22H17FN2O2. The van der Waals surface area contributed by atoms with E-state index >= 15 is 0 Å². The first kappa shape index (κ1) is 18.2. The van der Waals surface area contributed by atoms with Crippen LogP contribution < -0.4 is 10.1 Å². The molecule has 3 aromatic rings. The molecule has 0 aromatic heterocycles. The molecule has 0 saturated carbocycles. The Balaban J connectivity index is 1.63. The minimum atomic E-state index is -0.489. The lowest BCUT2D eigenvalue weighted by atomic mass is 10.1. The maximum atomic E-state index is 12.5. The number of alkyl halides is 1. The maximum Gasteiger partial charge on any atom is 0.255 e. The van der Waals surface area contributed by atoms with Crippen molar-refractivity contribution in [3.05, 3.63) is 95.1 Å². The molecule has 1 amide bonds. The molecule has 0 saturated heterocycles. The van der Waals surface area contributed by atoms with Crippen LogP contribution in [0.1, 0.15) is 27.0 Å². The Morgan fingerprint density at radius 3 is 2.37 bits per heavy atom. The number of hydrogen-bond acceptors (Lipinski definition) is 3. The SMILES string of the molecule is N#Cc1ccc(NC(=O)c2cccc(OCc3ccc(CF)cc3)c2)cc1. The van der Waals surface area contributed by atoms with Crippen LogP contribution in [-0.4, -0.2) is 5.91 Å². The van der Waals surface area contributed by atoms with Crippen molar-refractivity contribution in [1.82, 2.24) is 0 Å². The van der Waals surface area contributed by atoms with E-state index in [-0.39, 0.29) is 5.91 Å². The molecule has 0 aliphatic rings. The van der Waals surface area contributed by atoms with Gasteiger partial charge in [-0.25, -0.2) is 4.39 Å². The number of anilines is 1. The zero-order valence-electron chi connectivity index (χ0n) is 14.5. The molecule has 0 radical (unpaired) electrons. The van der Waals surface area contributed by atoms with E-state index < -0.39 is 6.67 Å². The molecule has 134 valence electrons. The summed E-state index contributed by atoms with van der Waals surface area (Å²) in [5.41, 5.74) is 3.14. The van der Waals surface area contributed by atoms with Gasteiger partial charge in [-0.2, -0.15) is 5.26 Å². The Hall–Kier alpha value is -3.65. The van der Waals surface area contributed by atoms with Crippen molar-refractivity contribution < 1.29 is 13.9 Å². The molecule has 0 fully saturated rings. The quantitative estimate of drug-likeness (QED) is 0.683. The van der Waals surface area contributed by atoms with Crippen molar-refractivity contribution in [3.63, 3.8) is 0 Å². The zero-order valence-corrected chi connectivity index (χ0v) is 14.5. The van der Waals surface area contributed by atoms with Gasteiger partial charge in [0, 0.05) is 11.3 Å². The van der Waals surface area contributed by atoms with Crippen molar-refractivity contribution in [2.75, 3.05) is 5.32 Å². The average Bonchev–Trinajstić information content (AvgIpc) is 2.73. The van der Waals surface area contributed by atoms with Gasteiger partial charge in [0.05, 0.1) is 11.6 Å². The number of nitrogens with zero attached hydrogens (tertiary/aromatic N) is 1. The lowest BCUT2D eigenvalue weighted by molar-refractivity contribution is 0.102. The van der Waals surface area contributed by atoms with Gasteiger partial charge in [0.2, 0.25) is 0 Å². The highest BCUT2D eigenvalue weighted by Crippen LogP contribution is 2.17. The summed E-state index contributed by atoms with van der Waals surface area (Å²) in [6, 6.07) is 22.6. The van der Waals surface area contributed by atoms with E-state index in [0.717, 1.165) is 5.56 Å². The smallest absolute Gasteiger partial charge is 0.255 e. The number of nitriles is 1. The topological polar surface area (TPSA) is 62.1 Å². The van der Waals surface area contributed by atoms with Crippen LogP contribution in [0.25, 0.3) is 0 Å². The van der Waals surface area contributed by atoms with E-state index in [1.54, 1.807) is 60.7 Å². The summed E-state index contributed by atoms with van der Waals surface area (Å²) < 4.78 is 18.3. The third-order valence-corrected chi connectivity index (χ3v) is 3.95. The Labute approximate surface area is 156 Å². The van der Waals surface area contributed by atoms with Crippen LogP contribution in [0.2, 0.25) is 0 Å².